The van der Waals surface area contributed by atoms with Gasteiger partial charge in [0, 0.05) is 30.2 Å². The van der Waals surface area contributed by atoms with E-state index in [1.54, 1.807) is 24.1 Å². The van der Waals surface area contributed by atoms with Gasteiger partial charge in [0.1, 0.15) is 11.5 Å². The lowest BCUT2D eigenvalue weighted by atomic mass is 10.0. The summed E-state index contributed by atoms with van der Waals surface area (Å²) in [6.07, 6.45) is 1.90. The van der Waals surface area contributed by atoms with Crippen LogP contribution in [-0.4, -0.2) is 33.2 Å². The first-order valence-corrected chi connectivity index (χ1v) is 9.61. The van der Waals surface area contributed by atoms with Gasteiger partial charge in [-0.15, -0.1) is 0 Å². The molecule has 0 spiro atoms. The summed E-state index contributed by atoms with van der Waals surface area (Å²) in [5, 5.41) is 18.7. The number of benzene rings is 2. The van der Waals surface area contributed by atoms with Gasteiger partial charge in [0.25, 0.3) is 5.91 Å². The normalized spacial score (nSPS) is 13.4. The number of aryl methyl sites for hydroxylation is 1. The molecule has 2 aromatic carbocycles. The van der Waals surface area contributed by atoms with Crippen molar-refractivity contribution < 1.29 is 14.6 Å². The molecule has 0 radical (unpaired) electrons. The summed E-state index contributed by atoms with van der Waals surface area (Å²) in [5.41, 5.74) is 4.19. The average Bonchev–Trinajstić information content (AvgIpc) is 3.27. The molecule has 3 aromatic rings. The number of ether oxygens (including phenoxy) is 1. The van der Waals surface area contributed by atoms with Gasteiger partial charge >= 0.3 is 0 Å². The van der Waals surface area contributed by atoms with Crippen molar-refractivity contribution in [2.45, 2.75) is 39.8 Å². The number of rotatable bonds is 5. The molecule has 0 aliphatic carbocycles. The Labute approximate surface area is 164 Å². The number of phenols is 1. The molecule has 1 amide bonds. The van der Waals surface area contributed by atoms with Crippen molar-refractivity contribution in [2.24, 2.45) is 5.92 Å². The van der Waals surface area contributed by atoms with Crippen LogP contribution in [0.25, 0.3) is 10.9 Å². The first-order chi connectivity index (χ1) is 13.5. The number of carbonyl (C=O) groups is 1. The fraction of sp³-hybridized carbons (Fsp3) is 0.364. The van der Waals surface area contributed by atoms with Crippen LogP contribution in [0.2, 0.25) is 0 Å². The third kappa shape index (κ3) is 3.30. The summed E-state index contributed by atoms with van der Waals surface area (Å²) in [7, 11) is 1.63. The lowest BCUT2D eigenvalue weighted by molar-refractivity contribution is 0.0748. The number of aromatic nitrogens is 2. The summed E-state index contributed by atoms with van der Waals surface area (Å²) in [6, 6.07) is 9.21. The minimum absolute atomic E-state index is 0.0343. The van der Waals surface area contributed by atoms with Crippen LogP contribution in [0.15, 0.2) is 30.3 Å². The van der Waals surface area contributed by atoms with Crippen LogP contribution in [0.4, 0.5) is 0 Å². The van der Waals surface area contributed by atoms with E-state index in [0.717, 1.165) is 40.8 Å². The Kier molecular flexibility index (Phi) is 4.71. The standard InChI is InChI=1S/C22H25N3O3/c1-13(2)4-7-19-17-9-18(21(26)10-20(17)24-23-19)22(27)25-11-14-5-6-16(28-3)8-15(14)12-25/h5-6,8-10,13,26H,4,7,11-12H2,1-3H3,(H,23,24). The van der Waals surface area contributed by atoms with Crippen LogP contribution in [0.3, 0.4) is 0 Å². The molecule has 0 bridgehead atoms. The van der Waals surface area contributed by atoms with E-state index in [0.29, 0.717) is 30.1 Å². The van der Waals surface area contributed by atoms with Crippen molar-refractivity contribution in [3.8, 4) is 11.5 Å². The molecule has 0 unspecified atom stereocenters. The van der Waals surface area contributed by atoms with Crippen LogP contribution >= 0.6 is 0 Å². The van der Waals surface area contributed by atoms with Crippen molar-refractivity contribution in [1.82, 2.24) is 15.1 Å². The van der Waals surface area contributed by atoms with Gasteiger partial charge in [-0.25, -0.2) is 0 Å². The highest BCUT2D eigenvalue weighted by Gasteiger charge is 2.27. The summed E-state index contributed by atoms with van der Waals surface area (Å²) in [5.74, 6) is 1.15. The summed E-state index contributed by atoms with van der Waals surface area (Å²) >= 11 is 0. The maximum atomic E-state index is 13.1. The summed E-state index contributed by atoms with van der Waals surface area (Å²) in [6.45, 7) is 5.40. The van der Waals surface area contributed by atoms with Crippen molar-refractivity contribution in [3.05, 3.63) is 52.7 Å². The predicted molar refractivity (Wildman–Crippen MR) is 107 cm³/mol. The molecule has 0 saturated carbocycles. The molecule has 1 aliphatic heterocycles. The smallest absolute Gasteiger partial charge is 0.258 e. The number of hydrogen-bond donors (Lipinski definition) is 2. The van der Waals surface area contributed by atoms with Gasteiger partial charge in [0.05, 0.1) is 18.2 Å². The van der Waals surface area contributed by atoms with E-state index in [2.05, 4.69) is 24.0 Å². The minimum atomic E-state index is -0.175. The number of fused-ring (bicyclic) bond motifs is 2. The first-order valence-electron chi connectivity index (χ1n) is 9.61. The van der Waals surface area contributed by atoms with Crippen molar-refractivity contribution >= 4 is 16.8 Å². The Hall–Kier alpha value is -3.02. The molecule has 6 heteroatoms. The second-order valence-corrected chi connectivity index (χ2v) is 7.82. The lowest BCUT2D eigenvalue weighted by Gasteiger charge is -2.16. The third-order valence-corrected chi connectivity index (χ3v) is 5.38. The van der Waals surface area contributed by atoms with Crippen LogP contribution in [0, 0.1) is 5.92 Å². The molecule has 0 atom stereocenters. The molecule has 0 saturated heterocycles. The quantitative estimate of drug-likeness (QED) is 0.702. The Morgan fingerprint density at radius 3 is 2.79 bits per heavy atom. The number of H-pyrrole nitrogens is 1. The molecular formula is C22H25N3O3. The van der Waals surface area contributed by atoms with E-state index >= 15 is 0 Å². The predicted octanol–water partition coefficient (Wildman–Crippen LogP) is 4.02. The number of aromatic hydroxyl groups is 1. The highest BCUT2D eigenvalue weighted by molar-refractivity contribution is 6.01. The number of hydrogen-bond acceptors (Lipinski definition) is 4. The summed E-state index contributed by atoms with van der Waals surface area (Å²) < 4.78 is 5.28. The number of methoxy groups -OCH3 is 1. The van der Waals surface area contributed by atoms with E-state index in [-0.39, 0.29) is 11.7 Å². The second-order valence-electron chi connectivity index (χ2n) is 7.82. The van der Waals surface area contributed by atoms with Crippen LogP contribution in [0.5, 0.6) is 11.5 Å². The highest BCUT2D eigenvalue weighted by Crippen LogP contribution is 2.32. The van der Waals surface area contributed by atoms with Crippen LogP contribution in [-0.2, 0) is 19.5 Å². The van der Waals surface area contributed by atoms with E-state index < -0.39 is 0 Å². The van der Waals surface area contributed by atoms with E-state index in [1.165, 1.54) is 0 Å². The molecular weight excluding hydrogens is 354 g/mol. The van der Waals surface area contributed by atoms with Gasteiger partial charge in [-0.05, 0) is 48.1 Å². The summed E-state index contributed by atoms with van der Waals surface area (Å²) in [4.78, 5) is 14.9. The Balaban J connectivity index is 1.62. The maximum absolute atomic E-state index is 13.1. The number of nitrogens with zero attached hydrogens (tertiary/aromatic N) is 2. The highest BCUT2D eigenvalue weighted by atomic mass is 16.5. The van der Waals surface area contributed by atoms with Gasteiger partial charge in [-0.3, -0.25) is 9.89 Å². The number of carbonyl (C=O) groups excluding carboxylic acids is 1. The molecule has 6 nitrogen and oxygen atoms in total. The number of phenolic OH excluding ortho intramolecular Hbond substituents is 1. The van der Waals surface area contributed by atoms with Crippen molar-refractivity contribution in [3.63, 3.8) is 0 Å². The van der Waals surface area contributed by atoms with Crippen LogP contribution < -0.4 is 4.74 Å². The fourth-order valence-electron chi connectivity index (χ4n) is 3.71. The van der Waals surface area contributed by atoms with E-state index in [1.807, 2.05) is 18.2 Å². The maximum Gasteiger partial charge on any atom is 0.258 e. The van der Waals surface area contributed by atoms with Crippen LogP contribution in [0.1, 0.15) is 47.4 Å². The topological polar surface area (TPSA) is 78.5 Å². The first kappa shape index (κ1) is 18.3. The molecule has 28 heavy (non-hydrogen) atoms. The molecule has 2 heterocycles. The average molecular weight is 379 g/mol. The van der Waals surface area contributed by atoms with Crippen molar-refractivity contribution in [2.75, 3.05) is 7.11 Å². The molecule has 2 N–H and O–H groups in total. The van der Waals surface area contributed by atoms with Gasteiger partial charge < -0.3 is 14.7 Å². The fourth-order valence-corrected chi connectivity index (χ4v) is 3.71. The zero-order valence-corrected chi connectivity index (χ0v) is 16.5. The Bertz CT molecular complexity index is 1040. The van der Waals surface area contributed by atoms with E-state index in [4.69, 9.17) is 4.74 Å². The number of aromatic amines is 1. The monoisotopic (exact) mass is 379 g/mol. The van der Waals surface area contributed by atoms with Gasteiger partial charge in [0.2, 0.25) is 0 Å². The van der Waals surface area contributed by atoms with Crippen molar-refractivity contribution in [1.29, 1.82) is 0 Å². The number of nitrogens with one attached hydrogen (secondary N) is 1. The largest absolute Gasteiger partial charge is 0.507 e. The Morgan fingerprint density at radius 1 is 1.25 bits per heavy atom. The van der Waals surface area contributed by atoms with Gasteiger partial charge in [0.15, 0.2) is 0 Å². The Morgan fingerprint density at radius 2 is 2.04 bits per heavy atom. The molecule has 146 valence electrons. The zero-order chi connectivity index (χ0) is 19.8. The number of amides is 1. The minimum Gasteiger partial charge on any atom is -0.507 e. The van der Waals surface area contributed by atoms with Gasteiger partial charge in [-0.1, -0.05) is 19.9 Å². The SMILES string of the molecule is COc1ccc2c(c1)CN(C(=O)c1cc3c(CCC(C)C)[nH]nc3cc1O)C2. The third-order valence-electron chi connectivity index (χ3n) is 5.38. The van der Waals surface area contributed by atoms with Gasteiger partial charge in [-0.2, -0.15) is 5.10 Å². The zero-order valence-electron chi connectivity index (χ0n) is 16.5. The lowest BCUT2D eigenvalue weighted by Crippen LogP contribution is -2.25. The second kappa shape index (κ2) is 7.19. The molecule has 4 rings (SSSR count). The molecule has 1 aromatic heterocycles. The molecule has 1 aliphatic rings. The molecule has 0 fully saturated rings. The van der Waals surface area contributed by atoms with E-state index in [9.17, 15) is 9.90 Å².